The number of Topliss-reactive ketones (excluding diaryl/α,β-unsaturated/α-hetero) is 1. The molecule has 0 heterocycles. The van der Waals surface area contributed by atoms with Crippen LogP contribution in [-0.2, 0) is 10.7 Å². The van der Waals surface area contributed by atoms with Crippen LogP contribution in [0.1, 0.15) is 31.2 Å². The number of carbonyl (C=O) groups is 1. The van der Waals surface area contributed by atoms with Crippen LogP contribution < -0.4 is 4.74 Å². The molecule has 116 valence electrons. The van der Waals surface area contributed by atoms with E-state index in [4.69, 9.17) is 4.74 Å². The van der Waals surface area contributed by atoms with Crippen LogP contribution in [0, 0.1) is 0 Å². The topological polar surface area (TPSA) is 26.3 Å². The number of ketones is 1. The van der Waals surface area contributed by atoms with Crippen molar-refractivity contribution in [2.45, 2.75) is 43.9 Å². The molecule has 1 aromatic carbocycles. The number of hydrogen-bond donors (Lipinski definition) is 0. The molecule has 0 aromatic heterocycles. The first-order valence-corrected chi connectivity index (χ1v) is 6.47. The van der Waals surface area contributed by atoms with Gasteiger partial charge in [0.2, 0.25) is 0 Å². The Hall–Kier alpha value is -1.66. The molecule has 0 amide bonds. The Balaban J connectivity index is 2.31. The van der Waals surface area contributed by atoms with E-state index in [2.05, 4.69) is 0 Å². The molecule has 0 N–H and O–H groups in total. The number of ether oxygens (including phenoxy) is 1. The fourth-order valence-electron chi connectivity index (χ4n) is 2.21. The van der Waals surface area contributed by atoms with E-state index in [9.17, 15) is 26.7 Å². The molecule has 2 nitrogen and oxygen atoms in total. The van der Waals surface area contributed by atoms with Crippen LogP contribution in [0.4, 0.5) is 22.0 Å². The van der Waals surface area contributed by atoms with E-state index < -0.39 is 29.5 Å². The molecule has 1 aliphatic rings. The van der Waals surface area contributed by atoms with Gasteiger partial charge in [-0.25, -0.2) is 0 Å². The highest BCUT2D eigenvalue weighted by atomic mass is 19.4. The number of hydrogen-bond acceptors (Lipinski definition) is 2. The molecule has 1 atom stereocenters. The Morgan fingerprint density at radius 1 is 1.05 bits per heavy atom. The molecule has 1 fully saturated rings. The maximum absolute atomic E-state index is 13.5. The number of para-hydroxylation sites is 1. The largest absolute Gasteiger partial charge is 0.482 e. The molecular formula is C14H13F5O2. The van der Waals surface area contributed by atoms with Crippen LogP contribution >= 0.6 is 0 Å². The zero-order valence-corrected chi connectivity index (χ0v) is 10.9. The van der Waals surface area contributed by atoms with E-state index in [1.807, 2.05) is 0 Å². The van der Waals surface area contributed by atoms with Gasteiger partial charge in [-0.2, -0.15) is 22.0 Å². The van der Waals surface area contributed by atoms with Crippen molar-refractivity contribution >= 4 is 5.78 Å². The molecule has 1 aliphatic carbocycles. The fraction of sp³-hybridized carbons (Fsp3) is 0.500. The Labute approximate surface area is 117 Å². The van der Waals surface area contributed by atoms with Gasteiger partial charge in [0.25, 0.3) is 0 Å². The van der Waals surface area contributed by atoms with Gasteiger partial charge >= 0.3 is 12.1 Å². The average molecular weight is 308 g/mol. The Morgan fingerprint density at radius 3 is 2.33 bits per heavy atom. The molecule has 21 heavy (non-hydrogen) atoms. The quantitative estimate of drug-likeness (QED) is 0.781. The van der Waals surface area contributed by atoms with Crippen LogP contribution in [0.25, 0.3) is 0 Å². The molecule has 0 aliphatic heterocycles. The lowest BCUT2D eigenvalue weighted by molar-refractivity contribution is -0.289. The van der Waals surface area contributed by atoms with Gasteiger partial charge in [0.05, 0.1) is 5.56 Å². The van der Waals surface area contributed by atoms with Gasteiger partial charge in [0.1, 0.15) is 5.75 Å². The zero-order chi connectivity index (χ0) is 15.7. The molecule has 1 aromatic rings. The number of halogens is 5. The molecule has 1 unspecified atom stereocenters. The lowest BCUT2D eigenvalue weighted by Crippen LogP contribution is -2.36. The number of rotatable bonds is 3. The fourth-order valence-corrected chi connectivity index (χ4v) is 2.21. The van der Waals surface area contributed by atoms with Gasteiger partial charge in [0.15, 0.2) is 11.9 Å². The summed E-state index contributed by atoms with van der Waals surface area (Å²) < 4.78 is 69.6. The second-order valence-corrected chi connectivity index (χ2v) is 4.89. The van der Waals surface area contributed by atoms with Crippen LogP contribution in [0.2, 0.25) is 0 Å². The predicted molar refractivity (Wildman–Crippen MR) is 64.3 cm³/mol. The summed E-state index contributed by atoms with van der Waals surface area (Å²) in [7, 11) is 0. The monoisotopic (exact) mass is 308 g/mol. The molecule has 0 spiro atoms. The summed E-state index contributed by atoms with van der Waals surface area (Å²) in [5.74, 6) is -5.90. The highest BCUT2D eigenvalue weighted by Gasteiger charge is 2.60. The molecule has 7 heteroatoms. The van der Waals surface area contributed by atoms with E-state index in [0.29, 0.717) is 25.3 Å². The average Bonchev–Trinajstić information content (AvgIpc) is 2.40. The van der Waals surface area contributed by atoms with Gasteiger partial charge in [-0.1, -0.05) is 12.1 Å². The Kier molecular flexibility index (Phi) is 4.20. The lowest BCUT2D eigenvalue weighted by Gasteiger charge is -2.26. The van der Waals surface area contributed by atoms with Gasteiger partial charge in [-0.3, -0.25) is 4.79 Å². The van der Waals surface area contributed by atoms with Crippen molar-refractivity contribution in [1.82, 2.24) is 0 Å². The Morgan fingerprint density at radius 2 is 1.71 bits per heavy atom. The second kappa shape index (κ2) is 5.61. The minimum Gasteiger partial charge on any atom is -0.482 e. The van der Waals surface area contributed by atoms with Crippen LogP contribution in [0.5, 0.6) is 5.75 Å². The zero-order valence-electron chi connectivity index (χ0n) is 10.9. The van der Waals surface area contributed by atoms with Crippen LogP contribution in [0.15, 0.2) is 24.3 Å². The predicted octanol–water partition coefficient (Wildman–Crippen LogP) is 4.23. The van der Waals surface area contributed by atoms with E-state index in [-0.39, 0.29) is 12.2 Å². The van der Waals surface area contributed by atoms with Crippen molar-refractivity contribution in [3.63, 3.8) is 0 Å². The third-order valence-electron chi connectivity index (χ3n) is 3.35. The first-order valence-electron chi connectivity index (χ1n) is 6.47. The van der Waals surface area contributed by atoms with Crippen molar-refractivity contribution in [3.8, 4) is 5.75 Å². The van der Waals surface area contributed by atoms with Crippen LogP contribution in [0.3, 0.4) is 0 Å². The van der Waals surface area contributed by atoms with E-state index in [1.54, 1.807) is 0 Å². The minimum atomic E-state index is -5.72. The molecule has 0 saturated heterocycles. The summed E-state index contributed by atoms with van der Waals surface area (Å²) >= 11 is 0. The van der Waals surface area contributed by atoms with Gasteiger partial charge in [-0.05, 0) is 31.4 Å². The van der Waals surface area contributed by atoms with Gasteiger partial charge < -0.3 is 4.74 Å². The lowest BCUT2D eigenvalue weighted by atomic mass is 9.96. The van der Waals surface area contributed by atoms with Crippen molar-refractivity contribution < 1.29 is 31.5 Å². The van der Waals surface area contributed by atoms with Crippen molar-refractivity contribution in [1.29, 1.82) is 0 Å². The molecule has 1 saturated carbocycles. The van der Waals surface area contributed by atoms with E-state index >= 15 is 0 Å². The molecule has 0 radical (unpaired) electrons. The van der Waals surface area contributed by atoms with Crippen molar-refractivity contribution in [2.75, 3.05) is 0 Å². The number of benzene rings is 1. The third kappa shape index (κ3) is 3.16. The summed E-state index contributed by atoms with van der Waals surface area (Å²) in [6.45, 7) is 0. The molecule has 2 rings (SSSR count). The third-order valence-corrected chi connectivity index (χ3v) is 3.35. The maximum atomic E-state index is 13.5. The molecular weight excluding hydrogens is 295 g/mol. The van der Waals surface area contributed by atoms with Gasteiger partial charge in [-0.15, -0.1) is 0 Å². The van der Waals surface area contributed by atoms with Crippen molar-refractivity contribution in [2.24, 2.45) is 0 Å². The standard InChI is InChI=1S/C14H13F5O2/c15-13(16,14(17,18)19)9-5-1-3-7-11(9)21-12-8-4-2-6-10(12)20/h1,3,5,7,12H,2,4,6,8H2. The highest BCUT2D eigenvalue weighted by molar-refractivity contribution is 5.84. The van der Waals surface area contributed by atoms with Gasteiger partial charge in [0, 0.05) is 6.42 Å². The van der Waals surface area contributed by atoms with Crippen molar-refractivity contribution in [3.05, 3.63) is 29.8 Å². The van der Waals surface area contributed by atoms with E-state index in [0.717, 1.165) is 12.1 Å². The number of carbonyl (C=O) groups excluding carboxylic acids is 1. The summed E-state index contributed by atoms with van der Waals surface area (Å²) in [4.78, 5) is 11.6. The minimum absolute atomic E-state index is 0.252. The summed E-state index contributed by atoms with van der Waals surface area (Å²) in [6.07, 6.45) is -4.74. The SMILES string of the molecule is O=C1CCCCC1Oc1ccccc1C(F)(F)C(F)(F)F. The summed E-state index contributed by atoms with van der Waals surface area (Å²) in [6, 6.07) is 4.05. The normalized spacial score (nSPS) is 20.4. The summed E-state index contributed by atoms with van der Waals surface area (Å²) in [5.41, 5.74) is -1.27. The Bertz CT molecular complexity index is 524. The summed E-state index contributed by atoms with van der Waals surface area (Å²) in [5, 5.41) is 0. The first-order chi connectivity index (χ1) is 9.73. The maximum Gasteiger partial charge on any atom is 0.458 e. The van der Waals surface area contributed by atoms with Crippen LogP contribution in [-0.4, -0.2) is 18.1 Å². The van der Waals surface area contributed by atoms with E-state index in [1.165, 1.54) is 6.07 Å². The second-order valence-electron chi connectivity index (χ2n) is 4.89. The number of alkyl halides is 5. The molecule has 0 bridgehead atoms. The highest BCUT2D eigenvalue weighted by Crippen LogP contribution is 2.47. The smallest absolute Gasteiger partial charge is 0.458 e. The first kappa shape index (κ1) is 15.7.